The fraction of sp³-hybridized carbons (Fsp3) is 0.375. The maximum absolute atomic E-state index is 2.55. The molecule has 0 saturated carbocycles. The van der Waals surface area contributed by atoms with Crippen LogP contribution in [0.2, 0.25) is 0 Å². The molecule has 1 nitrogen and oxygen atoms in total. The van der Waals surface area contributed by atoms with Crippen LogP contribution in [-0.2, 0) is 13.1 Å². The summed E-state index contributed by atoms with van der Waals surface area (Å²) >= 11 is 0. The van der Waals surface area contributed by atoms with E-state index in [4.69, 9.17) is 0 Å². The van der Waals surface area contributed by atoms with Crippen LogP contribution < -0.4 is 0 Å². The minimum Gasteiger partial charge on any atom is -0.290 e. The molecule has 0 spiro atoms. The standard InChI is InChI=1S/C16H19N/c1-16(2,3)17-10-13-8-4-6-12-7-5-9-14(11-17)15(12)13/h4-9H,10-11H2,1-3H3. The molecule has 0 unspecified atom stereocenters. The van der Waals surface area contributed by atoms with Gasteiger partial charge in [0.25, 0.3) is 0 Å². The lowest BCUT2D eigenvalue weighted by molar-refractivity contribution is 0.116. The highest BCUT2D eigenvalue weighted by Crippen LogP contribution is 2.32. The second-order valence-corrected chi connectivity index (χ2v) is 5.96. The maximum Gasteiger partial charge on any atom is 0.0248 e. The van der Waals surface area contributed by atoms with E-state index in [1.165, 1.54) is 21.9 Å². The lowest BCUT2D eigenvalue weighted by Gasteiger charge is -2.39. The van der Waals surface area contributed by atoms with Crippen LogP contribution in [0.4, 0.5) is 0 Å². The third-order valence-electron chi connectivity index (χ3n) is 3.75. The summed E-state index contributed by atoms with van der Waals surface area (Å²) < 4.78 is 0. The molecule has 0 saturated heterocycles. The van der Waals surface area contributed by atoms with E-state index in [-0.39, 0.29) is 5.54 Å². The number of nitrogens with zero attached hydrogens (tertiary/aromatic N) is 1. The van der Waals surface area contributed by atoms with Gasteiger partial charge in [0.1, 0.15) is 0 Å². The molecule has 0 bridgehead atoms. The number of benzene rings is 2. The van der Waals surface area contributed by atoms with Gasteiger partial charge in [-0.05, 0) is 42.7 Å². The van der Waals surface area contributed by atoms with Crippen molar-refractivity contribution in [2.24, 2.45) is 0 Å². The zero-order valence-corrected chi connectivity index (χ0v) is 10.8. The monoisotopic (exact) mass is 225 g/mol. The fourth-order valence-electron chi connectivity index (χ4n) is 2.71. The average molecular weight is 225 g/mol. The van der Waals surface area contributed by atoms with Gasteiger partial charge >= 0.3 is 0 Å². The van der Waals surface area contributed by atoms with Gasteiger partial charge < -0.3 is 0 Å². The van der Waals surface area contributed by atoms with Crippen molar-refractivity contribution in [2.75, 3.05) is 0 Å². The Hall–Kier alpha value is -1.34. The van der Waals surface area contributed by atoms with Crippen LogP contribution in [0.15, 0.2) is 36.4 Å². The summed E-state index contributed by atoms with van der Waals surface area (Å²) in [5.41, 5.74) is 3.17. The molecule has 1 heteroatoms. The van der Waals surface area contributed by atoms with E-state index >= 15 is 0 Å². The molecule has 1 aliphatic rings. The number of rotatable bonds is 0. The Morgan fingerprint density at radius 1 is 0.882 bits per heavy atom. The summed E-state index contributed by atoms with van der Waals surface area (Å²) in [5.74, 6) is 0. The first-order valence-electron chi connectivity index (χ1n) is 6.30. The van der Waals surface area contributed by atoms with Gasteiger partial charge in [0.15, 0.2) is 0 Å². The predicted octanol–water partition coefficient (Wildman–Crippen LogP) is 3.95. The zero-order valence-electron chi connectivity index (χ0n) is 10.8. The summed E-state index contributed by atoms with van der Waals surface area (Å²) in [5, 5.41) is 2.86. The van der Waals surface area contributed by atoms with Crippen molar-refractivity contribution in [3.63, 3.8) is 0 Å². The van der Waals surface area contributed by atoms with E-state index < -0.39 is 0 Å². The van der Waals surface area contributed by atoms with Crippen LogP contribution in [0.1, 0.15) is 31.9 Å². The smallest absolute Gasteiger partial charge is 0.0248 e. The van der Waals surface area contributed by atoms with Gasteiger partial charge in [0.05, 0.1) is 0 Å². The van der Waals surface area contributed by atoms with Crippen molar-refractivity contribution < 1.29 is 0 Å². The Morgan fingerprint density at radius 3 is 1.88 bits per heavy atom. The van der Waals surface area contributed by atoms with Crippen LogP contribution in [0.5, 0.6) is 0 Å². The minimum absolute atomic E-state index is 0.232. The molecule has 1 aliphatic heterocycles. The summed E-state index contributed by atoms with van der Waals surface area (Å²) in [6, 6.07) is 13.3. The Kier molecular flexibility index (Phi) is 2.27. The third-order valence-corrected chi connectivity index (χ3v) is 3.75. The topological polar surface area (TPSA) is 3.24 Å². The maximum atomic E-state index is 2.55. The molecule has 88 valence electrons. The Labute approximate surface area is 103 Å². The predicted molar refractivity (Wildman–Crippen MR) is 72.9 cm³/mol. The minimum atomic E-state index is 0.232. The van der Waals surface area contributed by atoms with Crippen LogP contribution in [0, 0.1) is 0 Å². The van der Waals surface area contributed by atoms with Crippen LogP contribution in [0.3, 0.4) is 0 Å². The van der Waals surface area contributed by atoms with Crippen LogP contribution in [-0.4, -0.2) is 10.4 Å². The molecule has 3 rings (SSSR count). The summed E-state index contributed by atoms with van der Waals surface area (Å²) in [7, 11) is 0. The van der Waals surface area contributed by atoms with E-state index in [9.17, 15) is 0 Å². The lowest BCUT2D eigenvalue weighted by atomic mass is 9.92. The molecule has 0 atom stereocenters. The second-order valence-electron chi connectivity index (χ2n) is 5.96. The number of hydrogen-bond donors (Lipinski definition) is 0. The van der Waals surface area contributed by atoms with Crippen molar-refractivity contribution in [1.29, 1.82) is 0 Å². The van der Waals surface area contributed by atoms with Crippen molar-refractivity contribution in [3.8, 4) is 0 Å². The first-order valence-corrected chi connectivity index (χ1v) is 6.30. The molecule has 2 aromatic rings. The van der Waals surface area contributed by atoms with Gasteiger partial charge in [0.2, 0.25) is 0 Å². The van der Waals surface area contributed by atoms with Crippen molar-refractivity contribution >= 4 is 10.8 Å². The van der Waals surface area contributed by atoms with E-state index in [1.807, 2.05) is 0 Å². The molecule has 2 aromatic carbocycles. The third kappa shape index (κ3) is 1.75. The molecule has 17 heavy (non-hydrogen) atoms. The van der Waals surface area contributed by atoms with E-state index in [1.54, 1.807) is 0 Å². The fourth-order valence-corrected chi connectivity index (χ4v) is 2.71. The van der Waals surface area contributed by atoms with Gasteiger partial charge in [-0.2, -0.15) is 0 Å². The Bertz CT molecular complexity index is 522. The molecule has 0 aromatic heterocycles. The van der Waals surface area contributed by atoms with E-state index in [0.717, 1.165) is 13.1 Å². The molecule has 0 fully saturated rings. The zero-order chi connectivity index (χ0) is 12.0. The van der Waals surface area contributed by atoms with Crippen LogP contribution in [0.25, 0.3) is 10.8 Å². The van der Waals surface area contributed by atoms with Gasteiger partial charge in [-0.3, -0.25) is 4.90 Å². The summed E-state index contributed by atoms with van der Waals surface area (Å²) in [6.07, 6.45) is 0. The molecule has 0 aliphatic carbocycles. The Morgan fingerprint density at radius 2 is 1.41 bits per heavy atom. The van der Waals surface area contributed by atoms with E-state index in [0.29, 0.717) is 0 Å². The van der Waals surface area contributed by atoms with Crippen molar-refractivity contribution in [1.82, 2.24) is 4.90 Å². The molecule has 1 heterocycles. The largest absolute Gasteiger partial charge is 0.290 e. The molecular weight excluding hydrogens is 206 g/mol. The van der Waals surface area contributed by atoms with Crippen molar-refractivity contribution in [2.45, 2.75) is 39.4 Å². The SMILES string of the molecule is CC(C)(C)N1Cc2cccc3cccc(c23)C1. The highest BCUT2D eigenvalue weighted by molar-refractivity contribution is 5.89. The first kappa shape index (κ1) is 10.8. The number of hydrogen-bond acceptors (Lipinski definition) is 1. The Balaban J connectivity index is 2.17. The molecule has 0 N–H and O–H groups in total. The highest BCUT2D eigenvalue weighted by atomic mass is 15.2. The van der Waals surface area contributed by atoms with Crippen LogP contribution >= 0.6 is 0 Å². The van der Waals surface area contributed by atoms with Gasteiger partial charge in [-0.15, -0.1) is 0 Å². The average Bonchev–Trinajstić information content (AvgIpc) is 2.28. The van der Waals surface area contributed by atoms with Gasteiger partial charge in [-0.1, -0.05) is 36.4 Å². The van der Waals surface area contributed by atoms with E-state index in [2.05, 4.69) is 62.1 Å². The quantitative estimate of drug-likeness (QED) is 0.656. The molecule has 0 radical (unpaired) electrons. The first-order chi connectivity index (χ1) is 8.05. The normalized spacial score (nSPS) is 16.4. The van der Waals surface area contributed by atoms with Gasteiger partial charge in [0, 0.05) is 18.6 Å². The van der Waals surface area contributed by atoms with Crippen molar-refractivity contribution in [3.05, 3.63) is 47.5 Å². The molecule has 0 amide bonds. The summed E-state index contributed by atoms with van der Waals surface area (Å²) in [4.78, 5) is 2.55. The molecular formula is C16H19N. The summed E-state index contributed by atoms with van der Waals surface area (Å²) in [6.45, 7) is 9.01. The lowest BCUT2D eigenvalue weighted by Crippen LogP contribution is -2.41. The van der Waals surface area contributed by atoms with Gasteiger partial charge in [-0.25, -0.2) is 0 Å². The highest BCUT2D eigenvalue weighted by Gasteiger charge is 2.26. The second kappa shape index (κ2) is 3.58.